The molecule has 0 aliphatic heterocycles. The second-order valence-corrected chi connectivity index (χ2v) is 6.94. The summed E-state index contributed by atoms with van der Waals surface area (Å²) in [5, 5.41) is 7.45. The number of sulfonamides is 1. The minimum Gasteiger partial charge on any atom is -0.317 e. The Morgan fingerprint density at radius 2 is 2.05 bits per heavy atom. The Labute approximate surface area is 122 Å². The highest BCUT2D eigenvalue weighted by atomic mass is 32.2. The lowest BCUT2D eigenvalue weighted by atomic mass is 10.3. The van der Waals surface area contributed by atoms with E-state index in [1.807, 2.05) is 20.2 Å². The van der Waals surface area contributed by atoms with Crippen LogP contribution in [-0.2, 0) is 23.6 Å². The molecule has 1 rings (SSSR count). The second kappa shape index (κ2) is 8.39. The van der Waals surface area contributed by atoms with Crippen LogP contribution in [0.3, 0.4) is 0 Å². The molecule has 0 unspecified atom stereocenters. The van der Waals surface area contributed by atoms with E-state index in [4.69, 9.17) is 0 Å². The first-order chi connectivity index (χ1) is 9.44. The molecule has 0 aromatic carbocycles. The molecule has 7 heteroatoms. The molecule has 0 saturated heterocycles. The summed E-state index contributed by atoms with van der Waals surface area (Å²) in [7, 11) is -1.37. The van der Waals surface area contributed by atoms with Gasteiger partial charge in [-0.05, 0) is 39.3 Å². The molecule has 0 saturated carbocycles. The Morgan fingerprint density at radius 3 is 2.65 bits per heavy atom. The van der Waals surface area contributed by atoms with Crippen molar-refractivity contribution in [3.63, 3.8) is 0 Å². The number of aromatic nitrogens is 2. The van der Waals surface area contributed by atoms with Gasteiger partial charge in [0.2, 0.25) is 10.0 Å². The normalized spacial score (nSPS) is 11.9. The maximum Gasteiger partial charge on any atom is 0.211 e. The average molecular weight is 302 g/mol. The predicted molar refractivity (Wildman–Crippen MR) is 81.0 cm³/mol. The average Bonchev–Trinajstić information content (AvgIpc) is 2.70. The van der Waals surface area contributed by atoms with Gasteiger partial charge >= 0.3 is 0 Å². The van der Waals surface area contributed by atoms with Gasteiger partial charge in [0.25, 0.3) is 0 Å². The van der Waals surface area contributed by atoms with E-state index in [0.29, 0.717) is 13.0 Å². The molecule has 6 nitrogen and oxygen atoms in total. The summed E-state index contributed by atoms with van der Waals surface area (Å²) in [6.45, 7) is 6.18. The van der Waals surface area contributed by atoms with Crippen molar-refractivity contribution in [2.24, 2.45) is 7.05 Å². The fourth-order valence-corrected chi connectivity index (χ4v) is 3.03. The third kappa shape index (κ3) is 6.49. The molecule has 0 atom stereocenters. The van der Waals surface area contributed by atoms with Crippen molar-refractivity contribution < 1.29 is 8.42 Å². The Kier molecular flexibility index (Phi) is 7.18. The van der Waals surface area contributed by atoms with E-state index in [9.17, 15) is 8.42 Å². The van der Waals surface area contributed by atoms with Crippen LogP contribution in [0.25, 0.3) is 0 Å². The molecule has 0 fully saturated rings. The zero-order chi connectivity index (χ0) is 15.0. The Morgan fingerprint density at radius 1 is 1.30 bits per heavy atom. The lowest BCUT2D eigenvalue weighted by Gasteiger charge is -2.06. The van der Waals surface area contributed by atoms with E-state index in [0.717, 1.165) is 37.2 Å². The molecule has 0 aliphatic rings. The van der Waals surface area contributed by atoms with Crippen LogP contribution < -0.4 is 10.0 Å². The Hall–Kier alpha value is -0.920. The zero-order valence-corrected chi connectivity index (χ0v) is 13.5. The van der Waals surface area contributed by atoms with Gasteiger partial charge < -0.3 is 5.32 Å². The molecule has 0 spiro atoms. The molecule has 2 N–H and O–H groups in total. The van der Waals surface area contributed by atoms with Crippen molar-refractivity contribution in [3.8, 4) is 0 Å². The number of hydrogen-bond acceptors (Lipinski definition) is 4. The summed E-state index contributed by atoms with van der Waals surface area (Å²) in [5.41, 5.74) is 1.78. The first-order valence-corrected chi connectivity index (χ1v) is 8.77. The molecule has 1 aromatic rings. The van der Waals surface area contributed by atoms with Gasteiger partial charge in [0.1, 0.15) is 0 Å². The van der Waals surface area contributed by atoms with Crippen molar-refractivity contribution in [2.75, 3.05) is 18.8 Å². The molecule has 1 heterocycles. The highest BCUT2D eigenvalue weighted by molar-refractivity contribution is 7.89. The van der Waals surface area contributed by atoms with Crippen molar-refractivity contribution in [1.82, 2.24) is 19.8 Å². The smallest absolute Gasteiger partial charge is 0.211 e. The quantitative estimate of drug-likeness (QED) is 0.630. The van der Waals surface area contributed by atoms with E-state index in [2.05, 4.69) is 22.1 Å². The first-order valence-electron chi connectivity index (χ1n) is 7.12. The number of nitrogens with one attached hydrogen (secondary N) is 2. The molecule has 116 valence electrons. The van der Waals surface area contributed by atoms with Crippen LogP contribution in [0.4, 0.5) is 0 Å². The molecule has 0 amide bonds. The zero-order valence-electron chi connectivity index (χ0n) is 12.6. The van der Waals surface area contributed by atoms with E-state index in [1.165, 1.54) is 0 Å². The van der Waals surface area contributed by atoms with Crippen molar-refractivity contribution >= 4 is 10.0 Å². The number of rotatable bonds is 10. The van der Waals surface area contributed by atoms with Gasteiger partial charge in [-0.1, -0.05) is 6.92 Å². The summed E-state index contributed by atoms with van der Waals surface area (Å²) in [6, 6.07) is 0. The minimum absolute atomic E-state index is 0.181. The summed E-state index contributed by atoms with van der Waals surface area (Å²) in [4.78, 5) is 0. The van der Waals surface area contributed by atoms with E-state index in [1.54, 1.807) is 4.68 Å². The summed E-state index contributed by atoms with van der Waals surface area (Å²) in [6.07, 6.45) is 4.50. The first kappa shape index (κ1) is 17.1. The van der Waals surface area contributed by atoms with Crippen LogP contribution in [0.5, 0.6) is 0 Å². The third-order valence-corrected chi connectivity index (χ3v) is 4.45. The monoisotopic (exact) mass is 302 g/mol. The minimum atomic E-state index is -3.19. The van der Waals surface area contributed by atoms with Crippen molar-refractivity contribution in [2.45, 2.75) is 39.7 Å². The molecule has 0 bridgehead atoms. The maximum absolute atomic E-state index is 11.9. The Bertz CT molecular complexity index is 496. The maximum atomic E-state index is 11.9. The standard InChI is InChI=1S/C13H26N4O2S/c1-4-7-14-8-5-6-9-20(18,19)15-10-13-11-17(3)16-12(13)2/h11,14-15H,4-10H2,1-3H3. The number of hydrogen-bond donors (Lipinski definition) is 2. The van der Waals surface area contributed by atoms with Crippen molar-refractivity contribution in [1.29, 1.82) is 0 Å². The van der Waals surface area contributed by atoms with Gasteiger partial charge in [-0.15, -0.1) is 0 Å². The summed E-state index contributed by atoms with van der Waals surface area (Å²) < 4.78 is 28.0. The topological polar surface area (TPSA) is 76.0 Å². The highest BCUT2D eigenvalue weighted by Crippen LogP contribution is 2.05. The highest BCUT2D eigenvalue weighted by Gasteiger charge is 2.11. The van der Waals surface area contributed by atoms with E-state index in [-0.39, 0.29) is 5.75 Å². The third-order valence-electron chi connectivity index (χ3n) is 3.04. The predicted octanol–water partition coefficient (Wildman–Crippen LogP) is 0.928. The fraction of sp³-hybridized carbons (Fsp3) is 0.769. The lowest BCUT2D eigenvalue weighted by Crippen LogP contribution is -2.26. The van der Waals surface area contributed by atoms with Gasteiger partial charge in [-0.2, -0.15) is 5.10 Å². The van der Waals surface area contributed by atoms with Crippen LogP contribution in [0.15, 0.2) is 6.20 Å². The number of unbranched alkanes of at least 4 members (excludes halogenated alkanes) is 1. The SMILES string of the molecule is CCCNCCCCS(=O)(=O)NCc1cn(C)nc1C. The molecular formula is C13H26N4O2S. The fourth-order valence-electron chi connectivity index (χ4n) is 1.93. The number of nitrogens with zero attached hydrogens (tertiary/aromatic N) is 2. The second-order valence-electron chi connectivity index (χ2n) is 5.01. The van der Waals surface area contributed by atoms with Crippen LogP contribution in [-0.4, -0.2) is 37.0 Å². The molecule has 0 aliphatic carbocycles. The van der Waals surface area contributed by atoms with Gasteiger partial charge in [0.05, 0.1) is 11.4 Å². The van der Waals surface area contributed by atoms with E-state index < -0.39 is 10.0 Å². The largest absolute Gasteiger partial charge is 0.317 e. The molecule has 1 aromatic heterocycles. The Balaban J connectivity index is 2.26. The molecular weight excluding hydrogens is 276 g/mol. The number of aryl methyl sites for hydroxylation is 2. The van der Waals surface area contributed by atoms with Gasteiger partial charge in [-0.3, -0.25) is 4.68 Å². The van der Waals surface area contributed by atoms with Crippen LogP contribution >= 0.6 is 0 Å². The van der Waals surface area contributed by atoms with Crippen molar-refractivity contribution in [3.05, 3.63) is 17.5 Å². The van der Waals surface area contributed by atoms with Gasteiger partial charge in [0.15, 0.2) is 0 Å². The van der Waals surface area contributed by atoms with Gasteiger partial charge in [-0.25, -0.2) is 13.1 Å². The van der Waals surface area contributed by atoms with E-state index >= 15 is 0 Å². The van der Waals surface area contributed by atoms with Crippen LogP contribution in [0.2, 0.25) is 0 Å². The summed E-state index contributed by atoms with van der Waals surface area (Å²) in [5.74, 6) is 0.181. The lowest BCUT2D eigenvalue weighted by molar-refractivity contribution is 0.572. The van der Waals surface area contributed by atoms with Crippen LogP contribution in [0.1, 0.15) is 37.4 Å². The molecule has 20 heavy (non-hydrogen) atoms. The van der Waals surface area contributed by atoms with Crippen LogP contribution in [0, 0.1) is 6.92 Å². The van der Waals surface area contributed by atoms with Gasteiger partial charge in [0, 0.05) is 25.4 Å². The molecule has 0 radical (unpaired) electrons. The summed E-state index contributed by atoms with van der Waals surface area (Å²) >= 11 is 0.